The van der Waals surface area contributed by atoms with E-state index in [9.17, 15) is 0 Å². The maximum atomic E-state index is 6.71. The SMILES string of the molecule is C=C(c1ccccc1)c1ccc2c(c1)C(c1ccccc1)Oc1cc(OCc3ccccc3)c(OC)cc1-2. The van der Waals surface area contributed by atoms with Crippen molar-refractivity contribution < 1.29 is 14.2 Å². The van der Waals surface area contributed by atoms with E-state index in [0.29, 0.717) is 18.1 Å². The molecule has 0 bridgehead atoms. The Bertz CT molecular complexity index is 1570. The third kappa shape index (κ3) is 4.55. The summed E-state index contributed by atoms with van der Waals surface area (Å²) in [5.74, 6) is 2.09. The monoisotopic (exact) mass is 496 g/mol. The summed E-state index contributed by atoms with van der Waals surface area (Å²) in [7, 11) is 1.67. The molecule has 3 nitrogen and oxygen atoms in total. The molecular formula is C35H28O3. The Kier molecular flexibility index (Phi) is 6.41. The van der Waals surface area contributed by atoms with Crippen LogP contribution >= 0.6 is 0 Å². The normalized spacial score (nSPS) is 13.6. The molecule has 186 valence electrons. The van der Waals surface area contributed by atoms with Crippen LogP contribution in [0.3, 0.4) is 0 Å². The van der Waals surface area contributed by atoms with Gasteiger partial charge in [0.2, 0.25) is 0 Å². The average Bonchev–Trinajstić information content (AvgIpc) is 3.00. The largest absolute Gasteiger partial charge is 0.493 e. The van der Waals surface area contributed by atoms with Gasteiger partial charge in [0.1, 0.15) is 18.5 Å². The molecule has 1 atom stereocenters. The van der Waals surface area contributed by atoms with Crippen molar-refractivity contribution >= 4 is 5.57 Å². The fourth-order valence-corrected chi connectivity index (χ4v) is 4.94. The van der Waals surface area contributed by atoms with Gasteiger partial charge in [0.15, 0.2) is 11.5 Å². The van der Waals surface area contributed by atoms with Crippen molar-refractivity contribution in [1.29, 1.82) is 0 Å². The number of rotatable bonds is 7. The Hall–Kier alpha value is -4.76. The van der Waals surface area contributed by atoms with Gasteiger partial charge in [0.25, 0.3) is 0 Å². The summed E-state index contributed by atoms with van der Waals surface area (Å²) in [4.78, 5) is 0. The Morgan fingerprint density at radius 1 is 0.711 bits per heavy atom. The van der Waals surface area contributed by atoms with Crippen LogP contribution < -0.4 is 14.2 Å². The van der Waals surface area contributed by atoms with Crippen LogP contribution in [0.2, 0.25) is 0 Å². The summed E-state index contributed by atoms with van der Waals surface area (Å²) >= 11 is 0. The van der Waals surface area contributed by atoms with Gasteiger partial charge in [-0.1, -0.05) is 110 Å². The molecule has 1 heterocycles. The van der Waals surface area contributed by atoms with Crippen molar-refractivity contribution in [3.05, 3.63) is 156 Å². The van der Waals surface area contributed by atoms with Crippen LogP contribution in [0.5, 0.6) is 17.2 Å². The fraction of sp³-hybridized carbons (Fsp3) is 0.0857. The Labute approximate surface area is 223 Å². The van der Waals surface area contributed by atoms with E-state index in [2.05, 4.69) is 49.0 Å². The molecule has 1 aliphatic heterocycles. The molecule has 0 saturated carbocycles. The van der Waals surface area contributed by atoms with E-state index in [4.69, 9.17) is 14.2 Å². The first kappa shape index (κ1) is 23.6. The highest BCUT2D eigenvalue weighted by Gasteiger charge is 2.29. The van der Waals surface area contributed by atoms with Gasteiger partial charge in [-0.3, -0.25) is 0 Å². The molecule has 5 aromatic carbocycles. The zero-order valence-corrected chi connectivity index (χ0v) is 21.3. The van der Waals surface area contributed by atoms with E-state index >= 15 is 0 Å². The highest BCUT2D eigenvalue weighted by Crippen LogP contribution is 2.49. The third-order valence-electron chi connectivity index (χ3n) is 6.95. The van der Waals surface area contributed by atoms with Crippen molar-refractivity contribution in [3.63, 3.8) is 0 Å². The van der Waals surface area contributed by atoms with Crippen molar-refractivity contribution in [2.75, 3.05) is 7.11 Å². The van der Waals surface area contributed by atoms with Crippen LogP contribution in [-0.4, -0.2) is 7.11 Å². The molecule has 6 rings (SSSR count). The van der Waals surface area contributed by atoms with Crippen LogP contribution in [0, 0.1) is 0 Å². The summed E-state index contributed by atoms with van der Waals surface area (Å²) < 4.78 is 18.7. The molecule has 38 heavy (non-hydrogen) atoms. The van der Waals surface area contributed by atoms with E-state index in [1.165, 1.54) is 0 Å². The second-order valence-electron chi connectivity index (χ2n) is 9.33. The predicted molar refractivity (Wildman–Crippen MR) is 153 cm³/mol. The van der Waals surface area contributed by atoms with Gasteiger partial charge in [-0.2, -0.15) is 0 Å². The molecule has 0 amide bonds. The lowest BCUT2D eigenvalue weighted by atomic mass is 9.86. The Morgan fingerprint density at radius 2 is 1.39 bits per heavy atom. The van der Waals surface area contributed by atoms with Gasteiger partial charge < -0.3 is 14.2 Å². The molecule has 5 aromatic rings. The topological polar surface area (TPSA) is 27.7 Å². The first-order valence-electron chi connectivity index (χ1n) is 12.7. The van der Waals surface area contributed by atoms with Gasteiger partial charge in [-0.05, 0) is 45.5 Å². The molecule has 0 aromatic heterocycles. The standard InChI is InChI=1S/C35H28O3/c1-24(26-14-8-4-9-15-26)28-18-19-29-30-21-33(36-2)34(37-23-25-12-6-3-7-13-25)22-32(30)38-35(31(29)20-28)27-16-10-5-11-17-27/h3-22,35H,1,23H2,2H3. The zero-order chi connectivity index (χ0) is 25.9. The Balaban J connectivity index is 1.43. The first-order chi connectivity index (χ1) is 18.7. The van der Waals surface area contributed by atoms with Gasteiger partial charge in [0, 0.05) is 17.2 Å². The van der Waals surface area contributed by atoms with Crippen LogP contribution in [0.25, 0.3) is 16.7 Å². The molecule has 0 aliphatic carbocycles. The van der Waals surface area contributed by atoms with Gasteiger partial charge in [0.05, 0.1) is 7.11 Å². The number of ether oxygens (including phenoxy) is 3. The third-order valence-corrected chi connectivity index (χ3v) is 6.95. The van der Waals surface area contributed by atoms with E-state index in [1.807, 2.05) is 78.9 Å². The minimum absolute atomic E-state index is 0.266. The summed E-state index contributed by atoms with van der Waals surface area (Å²) in [6.45, 7) is 4.84. The van der Waals surface area contributed by atoms with Crippen molar-refractivity contribution in [3.8, 4) is 28.4 Å². The summed E-state index contributed by atoms with van der Waals surface area (Å²) in [5, 5.41) is 0. The maximum Gasteiger partial charge on any atom is 0.165 e. The minimum atomic E-state index is -0.266. The van der Waals surface area contributed by atoms with Crippen LogP contribution in [0.15, 0.2) is 128 Å². The molecule has 0 saturated heterocycles. The van der Waals surface area contributed by atoms with Crippen LogP contribution in [-0.2, 0) is 6.61 Å². The molecule has 3 heteroatoms. The Morgan fingerprint density at radius 3 is 2.11 bits per heavy atom. The second-order valence-corrected chi connectivity index (χ2v) is 9.33. The molecule has 1 aliphatic rings. The van der Waals surface area contributed by atoms with E-state index in [-0.39, 0.29) is 6.10 Å². The lowest BCUT2D eigenvalue weighted by molar-refractivity contribution is 0.238. The van der Waals surface area contributed by atoms with Crippen LogP contribution in [0.4, 0.5) is 0 Å². The van der Waals surface area contributed by atoms with Crippen molar-refractivity contribution in [2.45, 2.75) is 12.7 Å². The van der Waals surface area contributed by atoms with Gasteiger partial charge in [-0.25, -0.2) is 0 Å². The van der Waals surface area contributed by atoms with Gasteiger partial charge in [-0.15, -0.1) is 0 Å². The number of hydrogen-bond acceptors (Lipinski definition) is 3. The number of methoxy groups -OCH3 is 1. The molecule has 0 fully saturated rings. The van der Waals surface area contributed by atoms with E-state index in [1.54, 1.807) is 7.11 Å². The zero-order valence-electron chi connectivity index (χ0n) is 21.3. The quantitative estimate of drug-likeness (QED) is 0.226. The van der Waals surface area contributed by atoms with Crippen molar-refractivity contribution in [1.82, 2.24) is 0 Å². The number of hydrogen-bond donors (Lipinski definition) is 0. The highest BCUT2D eigenvalue weighted by molar-refractivity contribution is 5.84. The maximum absolute atomic E-state index is 6.71. The van der Waals surface area contributed by atoms with E-state index < -0.39 is 0 Å². The van der Waals surface area contributed by atoms with Crippen LogP contribution in [0.1, 0.15) is 33.9 Å². The van der Waals surface area contributed by atoms with Gasteiger partial charge >= 0.3 is 0 Å². The molecular weight excluding hydrogens is 468 g/mol. The first-order valence-corrected chi connectivity index (χ1v) is 12.7. The number of benzene rings is 5. The lowest BCUT2D eigenvalue weighted by Gasteiger charge is -2.30. The predicted octanol–water partition coefficient (Wildman–Crippen LogP) is 8.48. The molecule has 0 radical (unpaired) electrons. The number of fused-ring (bicyclic) bond motifs is 3. The second kappa shape index (κ2) is 10.3. The van der Waals surface area contributed by atoms with Crippen molar-refractivity contribution in [2.24, 2.45) is 0 Å². The summed E-state index contributed by atoms with van der Waals surface area (Å²) in [6, 6.07) is 41.2. The summed E-state index contributed by atoms with van der Waals surface area (Å²) in [6.07, 6.45) is -0.266. The molecule has 0 spiro atoms. The smallest absolute Gasteiger partial charge is 0.165 e. The molecule has 0 N–H and O–H groups in total. The van der Waals surface area contributed by atoms with E-state index in [0.717, 1.165) is 50.3 Å². The summed E-state index contributed by atoms with van der Waals surface area (Å²) in [5.41, 5.74) is 8.51. The minimum Gasteiger partial charge on any atom is -0.493 e. The fourth-order valence-electron chi connectivity index (χ4n) is 4.94. The lowest BCUT2D eigenvalue weighted by Crippen LogP contribution is -2.16. The average molecular weight is 497 g/mol. The molecule has 1 unspecified atom stereocenters. The highest BCUT2D eigenvalue weighted by atomic mass is 16.5.